The Morgan fingerprint density at radius 2 is 1.70 bits per heavy atom. The lowest BCUT2D eigenvalue weighted by atomic mass is 9.34. The molecule has 8 heteroatoms. The highest BCUT2D eigenvalue weighted by Gasteiger charge is 2.68. The van der Waals surface area contributed by atoms with Crippen molar-refractivity contribution in [3.63, 3.8) is 0 Å². The van der Waals surface area contributed by atoms with Gasteiger partial charge < -0.3 is 15.3 Å². The number of carbonyl (C=O) groups excluding carboxylic acids is 1. The summed E-state index contributed by atoms with van der Waals surface area (Å²) in [5.41, 5.74) is 3.53. The number of hydrogen-bond donors (Lipinski definition) is 2. The quantitative estimate of drug-likeness (QED) is 0.298. The lowest BCUT2D eigenvalue weighted by Gasteiger charge is -2.71. The van der Waals surface area contributed by atoms with Crippen molar-refractivity contribution in [2.24, 2.45) is 45.8 Å². The maximum atomic E-state index is 13.2. The average molecular weight is 657 g/mol. The molecule has 6 rings (SSSR count). The summed E-state index contributed by atoms with van der Waals surface area (Å²) < 4.78 is 23.8. The van der Waals surface area contributed by atoms with Gasteiger partial charge in [0.1, 0.15) is 0 Å². The molecule has 46 heavy (non-hydrogen) atoms. The molecule has 1 aliphatic heterocycles. The van der Waals surface area contributed by atoms with Crippen LogP contribution in [0.5, 0.6) is 0 Å². The molecule has 6 aliphatic rings. The molecule has 0 spiro atoms. The monoisotopic (exact) mass is 656 g/mol. The molecule has 9 atom stereocenters. The second kappa shape index (κ2) is 12.3. The predicted molar refractivity (Wildman–Crippen MR) is 183 cm³/mol. The van der Waals surface area contributed by atoms with Gasteiger partial charge in [0.25, 0.3) is 0 Å². The van der Waals surface area contributed by atoms with Crippen LogP contribution in [0.15, 0.2) is 23.3 Å². The number of sulfone groups is 1. The van der Waals surface area contributed by atoms with Gasteiger partial charge in [-0.2, -0.15) is 0 Å². The minimum Gasteiger partial charge on any atom is -0.481 e. The maximum absolute atomic E-state index is 13.2. The molecule has 0 bridgehead atoms. The molecule has 1 saturated heterocycles. The van der Waals surface area contributed by atoms with Gasteiger partial charge >= 0.3 is 5.97 Å². The standard InChI is InChI=1S/C38H60N2O5S/c1-6-8-27(10-13-34(42)43)28-14-17-35(3)29(26(28)2)15-18-37(5)32(35)12-11-30-31-9-7-16-38(31,20-19-36(30,37)4)39-25-33(41)40-21-23-46(44,45)24-22-40/h8,14,26,29-32,39H,6-7,9-13,15-25H2,1-5H3,(H,42,43)/b27-8+/t26?,29?,30?,31?,32?,35?,36-,37?,38?/m1/s1. The zero-order chi connectivity index (χ0) is 33.1. The molecular formula is C38H60N2O5S. The Morgan fingerprint density at radius 1 is 0.957 bits per heavy atom. The molecule has 0 aromatic rings. The van der Waals surface area contributed by atoms with Gasteiger partial charge in [-0.15, -0.1) is 0 Å². The summed E-state index contributed by atoms with van der Waals surface area (Å²) in [7, 11) is -3.00. The van der Waals surface area contributed by atoms with Crippen LogP contribution in [0.3, 0.4) is 0 Å². The van der Waals surface area contributed by atoms with Crippen LogP contribution in [0, 0.1) is 45.8 Å². The Balaban J connectivity index is 1.20. The fourth-order valence-electron chi connectivity index (χ4n) is 12.7. The van der Waals surface area contributed by atoms with Crippen molar-refractivity contribution in [3.8, 4) is 0 Å². The first-order chi connectivity index (χ1) is 21.7. The lowest BCUT2D eigenvalue weighted by Crippen LogP contribution is -2.67. The number of hydrogen-bond acceptors (Lipinski definition) is 5. The fraction of sp³-hybridized carbons (Fsp3) is 0.842. The summed E-state index contributed by atoms with van der Waals surface area (Å²) in [6.07, 6.45) is 18.7. The number of carboxylic acids is 1. The smallest absolute Gasteiger partial charge is 0.303 e. The van der Waals surface area contributed by atoms with E-state index in [0.29, 0.717) is 55.6 Å². The molecule has 8 unspecified atom stereocenters. The van der Waals surface area contributed by atoms with Crippen molar-refractivity contribution < 1.29 is 23.1 Å². The molecule has 0 radical (unpaired) electrons. The van der Waals surface area contributed by atoms with Gasteiger partial charge in [0.2, 0.25) is 5.91 Å². The van der Waals surface area contributed by atoms with Crippen molar-refractivity contribution in [3.05, 3.63) is 23.3 Å². The summed E-state index contributed by atoms with van der Waals surface area (Å²) in [6, 6.07) is 0. The number of fused-ring (bicyclic) bond motifs is 7. The van der Waals surface area contributed by atoms with Crippen molar-refractivity contribution in [1.82, 2.24) is 10.2 Å². The van der Waals surface area contributed by atoms with Gasteiger partial charge in [0.05, 0.1) is 18.1 Å². The molecule has 7 nitrogen and oxygen atoms in total. The van der Waals surface area contributed by atoms with Crippen LogP contribution in [0.2, 0.25) is 0 Å². The van der Waals surface area contributed by atoms with E-state index < -0.39 is 15.8 Å². The van der Waals surface area contributed by atoms with Crippen molar-refractivity contribution >= 4 is 21.7 Å². The zero-order valence-electron chi connectivity index (χ0n) is 29.2. The molecule has 0 aromatic heterocycles. The highest BCUT2D eigenvalue weighted by molar-refractivity contribution is 7.91. The van der Waals surface area contributed by atoms with E-state index in [1.807, 2.05) is 0 Å². The molecule has 1 heterocycles. The number of carbonyl (C=O) groups is 2. The number of nitrogens with zero attached hydrogens (tertiary/aromatic N) is 1. The Kier molecular flexibility index (Phi) is 9.17. The number of rotatable bonds is 8. The van der Waals surface area contributed by atoms with Crippen LogP contribution in [-0.2, 0) is 19.4 Å². The number of nitrogens with one attached hydrogen (secondary N) is 1. The molecule has 2 N–H and O–H groups in total. The maximum Gasteiger partial charge on any atom is 0.303 e. The van der Waals surface area contributed by atoms with Crippen molar-refractivity contribution in [2.45, 2.75) is 124 Å². The van der Waals surface area contributed by atoms with Crippen LogP contribution in [0.4, 0.5) is 0 Å². The summed E-state index contributed by atoms with van der Waals surface area (Å²) in [4.78, 5) is 26.4. The molecule has 5 fully saturated rings. The van der Waals surface area contributed by atoms with E-state index in [-0.39, 0.29) is 45.6 Å². The molecule has 0 aromatic carbocycles. The minimum absolute atomic E-state index is 0.0287. The van der Waals surface area contributed by atoms with E-state index >= 15 is 0 Å². The van der Waals surface area contributed by atoms with Gasteiger partial charge in [-0.3, -0.25) is 9.59 Å². The highest BCUT2D eigenvalue weighted by atomic mass is 32.2. The Bertz CT molecular complexity index is 1370. The number of carboxylic acid groups (broad SMARTS) is 1. The topological polar surface area (TPSA) is 104 Å². The Morgan fingerprint density at radius 3 is 2.39 bits per heavy atom. The van der Waals surface area contributed by atoms with Crippen LogP contribution in [-0.4, -0.2) is 67.0 Å². The molecule has 5 aliphatic carbocycles. The van der Waals surface area contributed by atoms with Gasteiger partial charge in [0, 0.05) is 25.0 Å². The van der Waals surface area contributed by atoms with Crippen molar-refractivity contribution in [1.29, 1.82) is 0 Å². The Hall–Kier alpha value is -1.67. The van der Waals surface area contributed by atoms with E-state index in [1.165, 1.54) is 56.1 Å². The van der Waals surface area contributed by atoms with Crippen molar-refractivity contribution in [2.75, 3.05) is 31.1 Å². The molecular weight excluding hydrogens is 596 g/mol. The van der Waals surface area contributed by atoms with Crippen LogP contribution in [0.1, 0.15) is 118 Å². The second-order valence-corrected chi connectivity index (χ2v) is 19.3. The van der Waals surface area contributed by atoms with Gasteiger partial charge in [-0.1, -0.05) is 53.2 Å². The van der Waals surface area contributed by atoms with Gasteiger partial charge in [0.15, 0.2) is 9.84 Å². The highest BCUT2D eigenvalue weighted by Crippen LogP contribution is 2.75. The third-order valence-electron chi connectivity index (χ3n) is 15.3. The van der Waals surface area contributed by atoms with Gasteiger partial charge in [-0.05, 0) is 128 Å². The average Bonchev–Trinajstić information content (AvgIpc) is 3.43. The van der Waals surface area contributed by atoms with E-state index in [9.17, 15) is 23.1 Å². The first-order valence-corrected chi connectivity index (χ1v) is 20.4. The minimum atomic E-state index is -3.00. The van der Waals surface area contributed by atoms with Crippen LogP contribution < -0.4 is 5.32 Å². The largest absolute Gasteiger partial charge is 0.481 e. The van der Waals surface area contributed by atoms with Crippen LogP contribution in [0.25, 0.3) is 0 Å². The lowest BCUT2D eigenvalue weighted by molar-refractivity contribution is -0.212. The van der Waals surface area contributed by atoms with E-state index in [2.05, 4.69) is 52.1 Å². The number of allylic oxidation sites excluding steroid dienone is 4. The summed E-state index contributed by atoms with van der Waals surface area (Å²) in [5.74, 6) is 2.54. The second-order valence-electron chi connectivity index (χ2n) is 16.9. The third-order valence-corrected chi connectivity index (χ3v) is 16.9. The van der Waals surface area contributed by atoms with E-state index in [4.69, 9.17) is 0 Å². The summed E-state index contributed by atoms with van der Waals surface area (Å²) >= 11 is 0. The molecule has 4 saturated carbocycles. The summed E-state index contributed by atoms with van der Waals surface area (Å²) in [5, 5.41) is 13.3. The number of amides is 1. The molecule has 258 valence electrons. The molecule has 1 amide bonds. The van der Waals surface area contributed by atoms with E-state index in [0.717, 1.165) is 25.7 Å². The van der Waals surface area contributed by atoms with Crippen LogP contribution >= 0.6 is 0 Å². The fourth-order valence-corrected chi connectivity index (χ4v) is 13.9. The van der Waals surface area contributed by atoms with Gasteiger partial charge in [-0.25, -0.2) is 8.42 Å². The number of aliphatic carboxylic acids is 1. The third kappa shape index (κ3) is 5.53. The SMILES string of the molecule is CC/C=C(\CCC(=O)O)C1=CCC2(C)C(CCC3(C)C2CCC2C4CCCC4(NCC(=O)N4CCS(=O)(=O)CC4)CC[C@]23C)C1C. The first kappa shape index (κ1) is 34.2. The van der Waals surface area contributed by atoms with E-state index in [1.54, 1.807) is 4.90 Å². The normalized spacial score (nSPS) is 43.5. The first-order valence-electron chi connectivity index (χ1n) is 18.5. The predicted octanol–water partition coefficient (Wildman–Crippen LogP) is 6.79. The zero-order valence-corrected chi connectivity index (χ0v) is 30.0. The Labute approximate surface area is 278 Å². The summed E-state index contributed by atoms with van der Waals surface area (Å²) in [6.45, 7) is 13.5.